The standard InChI is InChI=1S/C31H29NO/c1-31(2,3)26-19-17-25(18-20-26)30(33)23-16-24-14-21-29(22-15-24)32(27-10-6-4-7-11-27)28-12-8-5-9-13-28/h4-23H,1-3H3. The highest BCUT2D eigenvalue weighted by Crippen LogP contribution is 2.34. The van der Waals surface area contributed by atoms with Gasteiger partial charge in [0.2, 0.25) is 0 Å². The van der Waals surface area contributed by atoms with Crippen molar-refractivity contribution in [2.45, 2.75) is 26.2 Å². The number of rotatable bonds is 6. The Morgan fingerprint density at radius 2 is 1.12 bits per heavy atom. The largest absolute Gasteiger partial charge is 0.311 e. The molecule has 0 aliphatic rings. The number of para-hydroxylation sites is 2. The third kappa shape index (κ3) is 5.48. The van der Waals surface area contributed by atoms with Crippen LogP contribution in [-0.2, 0) is 5.41 Å². The molecular weight excluding hydrogens is 402 g/mol. The van der Waals surface area contributed by atoms with E-state index in [9.17, 15) is 4.79 Å². The maximum absolute atomic E-state index is 12.6. The summed E-state index contributed by atoms with van der Waals surface area (Å²) in [5, 5.41) is 0. The van der Waals surface area contributed by atoms with Crippen molar-refractivity contribution < 1.29 is 4.79 Å². The zero-order chi connectivity index (χ0) is 23.3. The molecule has 0 fully saturated rings. The SMILES string of the molecule is CC(C)(C)c1ccc(C(=O)C=Cc2ccc(N(c3ccccc3)c3ccccc3)cc2)cc1. The Bertz CT molecular complexity index is 1180. The van der Waals surface area contributed by atoms with Crippen LogP contribution >= 0.6 is 0 Å². The topological polar surface area (TPSA) is 20.3 Å². The van der Waals surface area contributed by atoms with Crippen molar-refractivity contribution in [3.05, 3.63) is 132 Å². The number of anilines is 3. The molecule has 164 valence electrons. The van der Waals surface area contributed by atoms with Crippen LogP contribution in [0.3, 0.4) is 0 Å². The molecule has 0 radical (unpaired) electrons. The molecule has 4 aromatic carbocycles. The molecular formula is C31H29NO. The normalized spacial score (nSPS) is 11.5. The van der Waals surface area contributed by atoms with Crippen molar-refractivity contribution in [2.75, 3.05) is 4.90 Å². The van der Waals surface area contributed by atoms with E-state index >= 15 is 0 Å². The van der Waals surface area contributed by atoms with E-state index in [1.165, 1.54) is 5.56 Å². The molecule has 0 unspecified atom stereocenters. The first-order valence-electron chi connectivity index (χ1n) is 11.2. The van der Waals surface area contributed by atoms with Gasteiger partial charge in [0.15, 0.2) is 5.78 Å². The lowest BCUT2D eigenvalue weighted by Gasteiger charge is -2.25. The molecule has 0 aliphatic heterocycles. The molecule has 0 atom stereocenters. The fourth-order valence-corrected chi connectivity index (χ4v) is 3.74. The Morgan fingerprint density at radius 3 is 1.61 bits per heavy atom. The number of hydrogen-bond acceptors (Lipinski definition) is 2. The van der Waals surface area contributed by atoms with Gasteiger partial charge >= 0.3 is 0 Å². The summed E-state index contributed by atoms with van der Waals surface area (Å²) in [6, 6.07) is 36.8. The number of allylic oxidation sites excluding steroid dienone is 1. The summed E-state index contributed by atoms with van der Waals surface area (Å²) >= 11 is 0. The Balaban J connectivity index is 1.53. The average Bonchev–Trinajstić information content (AvgIpc) is 2.84. The molecule has 4 rings (SSSR count). The second-order valence-electron chi connectivity index (χ2n) is 9.12. The van der Waals surface area contributed by atoms with Crippen molar-refractivity contribution in [2.24, 2.45) is 0 Å². The van der Waals surface area contributed by atoms with Crippen molar-refractivity contribution in [1.82, 2.24) is 0 Å². The average molecular weight is 432 g/mol. The number of ketones is 1. The number of benzene rings is 4. The van der Waals surface area contributed by atoms with Gasteiger partial charge in [0.05, 0.1) is 0 Å². The van der Waals surface area contributed by atoms with Crippen LogP contribution in [0.15, 0.2) is 115 Å². The second-order valence-corrected chi connectivity index (χ2v) is 9.12. The molecule has 0 heterocycles. The van der Waals surface area contributed by atoms with Crippen LogP contribution in [-0.4, -0.2) is 5.78 Å². The Hall–Kier alpha value is -3.91. The van der Waals surface area contributed by atoms with Gasteiger partial charge in [0.25, 0.3) is 0 Å². The summed E-state index contributed by atoms with van der Waals surface area (Å²) in [4.78, 5) is 14.8. The number of nitrogens with zero attached hydrogens (tertiary/aromatic N) is 1. The summed E-state index contributed by atoms with van der Waals surface area (Å²) in [6.45, 7) is 6.51. The quantitative estimate of drug-likeness (QED) is 0.226. The molecule has 0 saturated heterocycles. The minimum Gasteiger partial charge on any atom is -0.311 e. The lowest BCUT2D eigenvalue weighted by atomic mass is 9.86. The molecule has 0 spiro atoms. The molecule has 33 heavy (non-hydrogen) atoms. The number of carbonyl (C=O) groups is 1. The molecule has 0 N–H and O–H groups in total. The van der Waals surface area contributed by atoms with Crippen molar-refractivity contribution in [3.63, 3.8) is 0 Å². The van der Waals surface area contributed by atoms with Crippen LogP contribution in [0.25, 0.3) is 6.08 Å². The summed E-state index contributed by atoms with van der Waals surface area (Å²) in [6.07, 6.45) is 3.52. The van der Waals surface area contributed by atoms with Crippen LogP contribution in [0.5, 0.6) is 0 Å². The summed E-state index contributed by atoms with van der Waals surface area (Å²) in [5.41, 5.74) is 6.25. The van der Waals surface area contributed by atoms with Crippen LogP contribution in [0.1, 0.15) is 42.3 Å². The van der Waals surface area contributed by atoms with E-state index < -0.39 is 0 Å². The second kappa shape index (κ2) is 9.70. The van der Waals surface area contributed by atoms with Crippen molar-refractivity contribution in [3.8, 4) is 0 Å². The van der Waals surface area contributed by atoms with Gasteiger partial charge in [0, 0.05) is 22.6 Å². The third-order valence-electron chi connectivity index (χ3n) is 5.64. The van der Waals surface area contributed by atoms with Gasteiger partial charge < -0.3 is 4.90 Å². The van der Waals surface area contributed by atoms with Gasteiger partial charge in [0.1, 0.15) is 0 Å². The van der Waals surface area contributed by atoms with Crippen LogP contribution in [0.4, 0.5) is 17.1 Å². The van der Waals surface area contributed by atoms with Gasteiger partial charge in [-0.3, -0.25) is 4.79 Å². The Kier molecular flexibility index (Phi) is 6.55. The zero-order valence-corrected chi connectivity index (χ0v) is 19.4. The van der Waals surface area contributed by atoms with E-state index in [0.717, 1.165) is 22.6 Å². The minimum atomic E-state index is 0.00901. The highest BCUT2D eigenvalue weighted by atomic mass is 16.1. The molecule has 0 amide bonds. The summed E-state index contributed by atoms with van der Waals surface area (Å²) in [5.74, 6) is 0.00901. The van der Waals surface area contributed by atoms with E-state index in [-0.39, 0.29) is 11.2 Å². The van der Waals surface area contributed by atoms with E-state index in [2.05, 4.69) is 62.1 Å². The Morgan fingerprint density at radius 1 is 0.636 bits per heavy atom. The maximum Gasteiger partial charge on any atom is 0.185 e. The van der Waals surface area contributed by atoms with Crippen LogP contribution in [0, 0.1) is 0 Å². The van der Waals surface area contributed by atoms with E-state index in [1.807, 2.05) is 78.9 Å². The highest BCUT2D eigenvalue weighted by Gasteiger charge is 2.14. The first-order valence-corrected chi connectivity index (χ1v) is 11.2. The van der Waals surface area contributed by atoms with Gasteiger partial charge in [-0.05, 0) is 59.0 Å². The lowest BCUT2D eigenvalue weighted by Crippen LogP contribution is -2.11. The molecule has 0 saturated carbocycles. The van der Waals surface area contributed by atoms with Crippen LogP contribution in [0.2, 0.25) is 0 Å². The van der Waals surface area contributed by atoms with Gasteiger partial charge in [-0.25, -0.2) is 0 Å². The number of hydrogen-bond donors (Lipinski definition) is 0. The highest BCUT2D eigenvalue weighted by molar-refractivity contribution is 6.06. The summed E-state index contributed by atoms with van der Waals surface area (Å²) < 4.78 is 0. The van der Waals surface area contributed by atoms with Gasteiger partial charge in [-0.1, -0.05) is 99.6 Å². The third-order valence-corrected chi connectivity index (χ3v) is 5.64. The monoisotopic (exact) mass is 431 g/mol. The lowest BCUT2D eigenvalue weighted by molar-refractivity contribution is 0.104. The molecule has 4 aromatic rings. The first-order chi connectivity index (χ1) is 15.9. The van der Waals surface area contributed by atoms with Gasteiger partial charge in [-0.2, -0.15) is 0 Å². The van der Waals surface area contributed by atoms with E-state index in [0.29, 0.717) is 5.56 Å². The van der Waals surface area contributed by atoms with E-state index in [4.69, 9.17) is 0 Å². The molecule has 0 aliphatic carbocycles. The summed E-state index contributed by atoms with van der Waals surface area (Å²) in [7, 11) is 0. The minimum absolute atomic E-state index is 0.00901. The predicted octanol–water partition coefficient (Wildman–Crippen LogP) is 8.35. The zero-order valence-electron chi connectivity index (χ0n) is 19.4. The first kappa shape index (κ1) is 22.3. The maximum atomic E-state index is 12.6. The van der Waals surface area contributed by atoms with Crippen molar-refractivity contribution >= 4 is 28.9 Å². The molecule has 2 heteroatoms. The smallest absolute Gasteiger partial charge is 0.185 e. The van der Waals surface area contributed by atoms with E-state index in [1.54, 1.807) is 6.08 Å². The fourth-order valence-electron chi connectivity index (χ4n) is 3.74. The Labute approximate surface area is 196 Å². The molecule has 0 bridgehead atoms. The van der Waals surface area contributed by atoms with Crippen LogP contribution < -0.4 is 4.90 Å². The number of carbonyl (C=O) groups excluding carboxylic acids is 1. The van der Waals surface area contributed by atoms with Gasteiger partial charge in [-0.15, -0.1) is 0 Å². The van der Waals surface area contributed by atoms with Crippen molar-refractivity contribution in [1.29, 1.82) is 0 Å². The predicted molar refractivity (Wildman–Crippen MR) is 140 cm³/mol. The molecule has 0 aromatic heterocycles. The fraction of sp³-hybridized carbons (Fsp3) is 0.129. The molecule has 2 nitrogen and oxygen atoms in total.